The fourth-order valence-corrected chi connectivity index (χ4v) is 2.12. The van der Waals surface area contributed by atoms with E-state index in [9.17, 15) is 9.90 Å². The van der Waals surface area contributed by atoms with Gasteiger partial charge in [-0.2, -0.15) is 0 Å². The highest BCUT2D eigenvalue weighted by atomic mass is 16.3. The third kappa shape index (κ3) is 4.34. The SMILES string of the molecule is CC(C)(C)C#CC1(O)C=C(C(C)(C)C)C=C(C(C)(C)C)C1=O. The normalized spacial score (nSPS) is 23.5. The van der Waals surface area contributed by atoms with Crippen molar-refractivity contribution in [2.45, 2.75) is 67.9 Å². The number of ketones is 1. The Morgan fingerprint density at radius 2 is 1.45 bits per heavy atom. The highest BCUT2D eigenvalue weighted by Gasteiger charge is 2.42. The van der Waals surface area contributed by atoms with Crippen LogP contribution in [0.4, 0.5) is 0 Å². The smallest absolute Gasteiger partial charge is 0.208 e. The monoisotopic (exact) mass is 302 g/mol. The van der Waals surface area contributed by atoms with Crippen LogP contribution in [0.25, 0.3) is 0 Å². The molecule has 22 heavy (non-hydrogen) atoms. The first kappa shape index (κ1) is 18.7. The van der Waals surface area contributed by atoms with Gasteiger partial charge in [0.2, 0.25) is 11.4 Å². The van der Waals surface area contributed by atoms with E-state index in [-0.39, 0.29) is 22.0 Å². The largest absolute Gasteiger partial charge is 0.367 e. The molecule has 1 aliphatic carbocycles. The van der Waals surface area contributed by atoms with Crippen LogP contribution >= 0.6 is 0 Å². The van der Waals surface area contributed by atoms with Crippen LogP contribution in [0.1, 0.15) is 62.3 Å². The lowest BCUT2D eigenvalue weighted by molar-refractivity contribution is -0.126. The summed E-state index contributed by atoms with van der Waals surface area (Å²) in [5.41, 5.74) is -0.913. The molecule has 0 aromatic carbocycles. The first-order chi connectivity index (χ1) is 9.56. The molecule has 0 spiro atoms. The summed E-state index contributed by atoms with van der Waals surface area (Å²) in [6.07, 6.45) is 3.55. The number of hydrogen-bond donors (Lipinski definition) is 1. The Bertz CT molecular complexity index is 587. The summed E-state index contributed by atoms with van der Waals surface area (Å²) in [4.78, 5) is 12.8. The quantitative estimate of drug-likeness (QED) is 0.678. The molecule has 0 aromatic rings. The third-order valence-electron chi connectivity index (χ3n) is 3.56. The van der Waals surface area contributed by atoms with Crippen LogP contribution in [0.2, 0.25) is 0 Å². The molecule has 0 heterocycles. The Morgan fingerprint density at radius 1 is 0.955 bits per heavy atom. The van der Waals surface area contributed by atoms with Crippen molar-refractivity contribution in [3.05, 3.63) is 23.3 Å². The van der Waals surface area contributed by atoms with Gasteiger partial charge in [0, 0.05) is 11.0 Å². The maximum absolute atomic E-state index is 12.8. The number of carbonyl (C=O) groups excluding carboxylic acids is 1. The van der Waals surface area contributed by atoms with Gasteiger partial charge in [-0.15, -0.1) is 0 Å². The summed E-state index contributed by atoms with van der Waals surface area (Å²) in [6.45, 7) is 18.1. The minimum atomic E-state index is -1.73. The van der Waals surface area contributed by atoms with E-state index in [1.807, 2.05) is 47.6 Å². The predicted molar refractivity (Wildman–Crippen MR) is 92.3 cm³/mol. The Balaban J connectivity index is 3.53. The Labute approximate surface area is 135 Å². The zero-order valence-corrected chi connectivity index (χ0v) is 15.5. The van der Waals surface area contributed by atoms with Crippen molar-refractivity contribution in [3.63, 3.8) is 0 Å². The first-order valence-electron chi connectivity index (χ1n) is 7.83. The maximum atomic E-state index is 12.8. The van der Waals surface area contributed by atoms with Crippen LogP contribution in [-0.4, -0.2) is 16.5 Å². The van der Waals surface area contributed by atoms with Gasteiger partial charge in [0.15, 0.2) is 0 Å². The Morgan fingerprint density at radius 3 is 1.82 bits per heavy atom. The minimum absolute atomic E-state index is 0.158. The van der Waals surface area contributed by atoms with E-state index < -0.39 is 5.60 Å². The van der Waals surface area contributed by atoms with Gasteiger partial charge in [-0.05, 0) is 43.3 Å². The van der Waals surface area contributed by atoms with Crippen molar-refractivity contribution >= 4 is 5.78 Å². The molecule has 1 N–H and O–H groups in total. The molecule has 1 atom stereocenters. The molecule has 2 heteroatoms. The molecule has 2 nitrogen and oxygen atoms in total. The molecule has 0 radical (unpaired) electrons. The fraction of sp³-hybridized carbons (Fsp3) is 0.650. The van der Waals surface area contributed by atoms with E-state index in [0.29, 0.717) is 5.57 Å². The van der Waals surface area contributed by atoms with E-state index in [1.54, 1.807) is 6.08 Å². The van der Waals surface area contributed by atoms with Gasteiger partial charge in [0.05, 0.1) is 0 Å². The molecule has 0 aromatic heterocycles. The summed E-state index contributed by atoms with van der Waals surface area (Å²) in [7, 11) is 0. The summed E-state index contributed by atoms with van der Waals surface area (Å²) < 4.78 is 0. The van der Waals surface area contributed by atoms with E-state index >= 15 is 0 Å². The number of Topliss-reactive ketones (excluding diaryl/α,β-unsaturated/α-hetero) is 1. The van der Waals surface area contributed by atoms with Gasteiger partial charge in [-0.25, -0.2) is 0 Å². The molecule has 0 bridgehead atoms. The molecule has 0 saturated heterocycles. The number of carbonyl (C=O) groups is 1. The van der Waals surface area contributed by atoms with Gasteiger partial charge >= 0.3 is 0 Å². The fourth-order valence-electron chi connectivity index (χ4n) is 2.12. The zero-order valence-electron chi connectivity index (χ0n) is 15.5. The lowest BCUT2D eigenvalue weighted by atomic mass is 9.70. The highest BCUT2D eigenvalue weighted by Crippen LogP contribution is 2.39. The summed E-state index contributed by atoms with van der Waals surface area (Å²) in [5.74, 6) is 5.54. The summed E-state index contributed by atoms with van der Waals surface area (Å²) in [6, 6.07) is 0. The third-order valence-corrected chi connectivity index (χ3v) is 3.56. The number of hydrogen-bond acceptors (Lipinski definition) is 2. The average molecular weight is 302 g/mol. The van der Waals surface area contributed by atoms with Gasteiger partial charge < -0.3 is 5.11 Å². The van der Waals surface area contributed by atoms with Gasteiger partial charge in [-0.1, -0.05) is 59.5 Å². The minimum Gasteiger partial charge on any atom is -0.367 e. The number of rotatable bonds is 0. The van der Waals surface area contributed by atoms with Gasteiger partial charge in [0.1, 0.15) is 0 Å². The maximum Gasteiger partial charge on any atom is 0.208 e. The molecule has 0 amide bonds. The highest BCUT2D eigenvalue weighted by molar-refractivity contribution is 6.08. The van der Waals surface area contributed by atoms with Crippen LogP contribution in [0.3, 0.4) is 0 Å². The number of aliphatic hydroxyl groups is 1. The lowest BCUT2D eigenvalue weighted by Gasteiger charge is -2.34. The molecular formula is C20H30O2. The summed E-state index contributed by atoms with van der Waals surface area (Å²) in [5, 5.41) is 10.9. The van der Waals surface area contributed by atoms with Crippen molar-refractivity contribution in [1.82, 2.24) is 0 Å². The summed E-state index contributed by atoms with van der Waals surface area (Å²) >= 11 is 0. The molecule has 0 aliphatic heterocycles. The second-order valence-corrected chi connectivity index (χ2v) is 9.25. The second-order valence-electron chi connectivity index (χ2n) is 9.25. The number of allylic oxidation sites excluding steroid dienone is 2. The van der Waals surface area contributed by atoms with Crippen molar-refractivity contribution < 1.29 is 9.90 Å². The van der Waals surface area contributed by atoms with Gasteiger partial charge in [-0.3, -0.25) is 4.79 Å². The van der Waals surface area contributed by atoms with Crippen LogP contribution in [0.15, 0.2) is 23.3 Å². The van der Waals surface area contributed by atoms with Crippen molar-refractivity contribution in [1.29, 1.82) is 0 Å². The molecule has 122 valence electrons. The molecule has 1 rings (SSSR count). The van der Waals surface area contributed by atoms with Crippen molar-refractivity contribution in [2.24, 2.45) is 16.2 Å². The topological polar surface area (TPSA) is 37.3 Å². The van der Waals surface area contributed by atoms with E-state index in [4.69, 9.17) is 0 Å². The molecular weight excluding hydrogens is 272 g/mol. The standard InChI is InChI=1S/C20H30O2/c1-17(2,3)10-11-20(22)13-14(18(4,5)6)12-15(16(20)21)19(7,8)9/h12-13,22H,1-9H3. The van der Waals surface area contributed by atoms with E-state index in [1.165, 1.54) is 0 Å². The lowest BCUT2D eigenvalue weighted by Crippen LogP contribution is -2.42. The molecule has 0 fully saturated rings. The van der Waals surface area contributed by atoms with Crippen LogP contribution in [0.5, 0.6) is 0 Å². The van der Waals surface area contributed by atoms with Crippen LogP contribution < -0.4 is 0 Å². The van der Waals surface area contributed by atoms with Crippen molar-refractivity contribution in [2.75, 3.05) is 0 Å². The zero-order chi connectivity index (χ0) is 17.6. The van der Waals surface area contributed by atoms with Crippen LogP contribution in [-0.2, 0) is 4.79 Å². The molecule has 1 aliphatic rings. The van der Waals surface area contributed by atoms with Crippen LogP contribution in [0, 0.1) is 28.1 Å². The Hall–Kier alpha value is -1.33. The first-order valence-corrected chi connectivity index (χ1v) is 7.83. The van der Waals surface area contributed by atoms with Gasteiger partial charge in [0.25, 0.3) is 0 Å². The molecule has 0 saturated carbocycles. The van der Waals surface area contributed by atoms with E-state index in [0.717, 1.165) is 5.57 Å². The second kappa shape index (κ2) is 5.39. The van der Waals surface area contributed by atoms with Crippen molar-refractivity contribution in [3.8, 4) is 11.8 Å². The molecule has 1 unspecified atom stereocenters. The Kier molecular flexibility index (Phi) is 4.58. The predicted octanol–water partition coefficient (Wildman–Crippen LogP) is 4.29. The van der Waals surface area contributed by atoms with E-state index in [2.05, 4.69) is 32.6 Å². The average Bonchev–Trinajstić information content (AvgIpc) is 2.26.